The lowest BCUT2D eigenvalue weighted by atomic mass is 9.77. The number of nitrogens with zero attached hydrogens (tertiary/aromatic N) is 2. The Balaban J connectivity index is 1.56. The van der Waals surface area contributed by atoms with Gasteiger partial charge in [-0.3, -0.25) is 9.98 Å². The zero-order valence-electron chi connectivity index (χ0n) is 28.2. The molecule has 236 valence electrons. The number of aryl methyl sites for hydroxylation is 2. The van der Waals surface area contributed by atoms with Crippen molar-refractivity contribution in [2.45, 2.75) is 66.2 Å². The van der Waals surface area contributed by atoms with Crippen LogP contribution in [0.25, 0.3) is 40.5 Å². The van der Waals surface area contributed by atoms with E-state index in [1.165, 1.54) is 11.1 Å². The van der Waals surface area contributed by atoms with E-state index in [0.717, 1.165) is 67.9 Å². The third kappa shape index (κ3) is 5.14. The number of aliphatic imine (C=N–C) groups is 2. The van der Waals surface area contributed by atoms with Crippen LogP contribution in [0.15, 0.2) is 76.3 Å². The Kier molecular flexibility index (Phi) is 7.22. The number of hydrogen-bond donors (Lipinski definition) is 2. The summed E-state index contributed by atoms with van der Waals surface area (Å²) in [5.41, 5.74) is 10.9. The molecule has 7 rings (SSSR count). The Labute approximate surface area is 271 Å². The Morgan fingerprint density at radius 2 is 1.37 bits per heavy atom. The number of aromatic nitrogens is 2. The van der Waals surface area contributed by atoms with Crippen LogP contribution in [0.2, 0.25) is 0 Å². The molecule has 0 radical (unpaired) electrons. The second kappa shape index (κ2) is 10.9. The Morgan fingerprint density at radius 3 is 2.00 bits per heavy atom. The highest BCUT2D eigenvalue weighted by Gasteiger charge is 2.53. The van der Waals surface area contributed by atoms with Gasteiger partial charge >= 0.3 is 0 Å². The number of hydrogen-bond acceptors (Lipinski definition) is 4. The lowest BCUT2D eigenvalue weighted by Gasteiger charge is -2.34. The molecule has 0 unspecified atom stereocenters. The predicted molar refractivity (Wildman–Crippen MR) is 189 cm³/mol. The molecule has 4 aromatic rings. The summed E-state index contributed by atoms with van der Waals surface area (Å²) in [6, 6.07) is 21.9. The van der Waals surface area contributed by atoms with Crippen molar-refractivity contribution in [1.82, 2.24) is 9.97 Å². The molecule has 2 aromatic heterocycles. The third-order valence-electron chi connectivity index (χ3n) is 9.92. The number of ether oxygens (including phenoxy) is 2. The van der Waals surface area contributed by atoms with Crippen LogP contribution < -0.4 is 10.7 Å². The highest BCUT2D eigenvalue weighted by molar-refractivity contribution is 6.15. The molecule has 5 heterocycles. The highest BCUT2D eigenvalue weighted by Crippen LogP contribution is 2.50. The summed E-state index contributed by atoms with van der Waals surface area (Å²) < 4.78 is 12.1. The van der Waals surface area contributed by atoms with Gasteiger partial charge < -0.3 is 19.4 Å². The zero-order chi connectivity index (χ0) is 32.4. The van der Waals surface area contributed by atoms with Gasteiger partial charge in [-0.25, -0.2) is 0 Å². The summed E-state index contributed by atoms with van der Waals surface area (Å²) in [5, 5.41) is 2.06. The lowest BCUT2D eigenvalue weighted by Crippen LogP contribution is -2.41. The van der Waals surface area contributed by atoms with E-state index in [-0.39, 0.29) is 10.8 Å². The van der Waals surface area contributed by atoms with Crippen molar-refractivity contribution in [3.05, 3.63) is 99.6 Å². The van der Waals surface area contributed by atoms with Gasteiger partial charge in [-0.05, 0) is 61.8 Å². The van der Waals surface area contributed by atoms with E-state index >= 15 is 0 Å². The predicted octanol–water partition coefficient (Wildman–Crippen LogP) is 7.47. The molecule has 46 heavy (non-hydrogen) atoms. The fourth-order valence-electron chi connectivity index (χ4n) is 7.40. The number of allylic oxidation sites excluding steroid dienone is 1. The van der Waals surface area contributed by atoms with Crippen LogP contribution in [0.4, 0.5) is 0 Å². The number of nitrogens with one attached hydrogen (secondary N) is 2. The fourth-order valence-corrected chi connectivity index (χ4v) is 7.40. The minimum absolute atomic E-state index is 0.139. The number of benzene rings is 2. The smallest absolute Gasteiger partial charge is 0.187 e. The molecule has 2 aromatic carbocycles. The van der Waals surface area contributed by atoms with E-state index < -0.39 is 11.8 Å². The van der Waals surface area contributed by atoms with Gasteiger partial charge in [-0.15, -0.1) is 0 Å². The standard InChI is InChI=1S/C40H44N4O2/c1-24-9-13-26(14-10-24)30-18-28-17-29-22-38(3,4)34(42-29)20-33-31(27-15-11-25(2)12-16-27)19-36(43-33)40(37(45-7)46-8)23-39(5,6)35(44-40)21-32(30)41-28/h9-21,37,41,43H,22-23H2,1-8H3/b28-17-,32-21-,34-20-/t40-/m1/s1. The van der Waals surface area contributed by atoms with Crippen LogP contribution in [0.5, 0.6) is 0 Å². The number of aromatic amines is 2. The van der Waals surface area contributed by atoms with Crippen LogP contribution in [0.1, 0.15) is 63.1 Å². The van der Waals surface area contributed by atoms with E-state index in [0.29, 0.717) is 6.42 Å². The van der Waals surface area contributed by atoms with E-state index in [9.17, 15) is 0 Å². The zero-order valence-corrected chi connectivity index (χ0v) is 28.2. The van der Waals surface area contributed by atoms with Crippen LogP contribution >= 0.6 is 0 Å². The number of methoxy groups -OCH3 is 2. The van der Waals surface area contributed by atoms with E-state index in [1.807, 2.05) is 0 Å². The van der Waals surface area contributed by atoms with Gasteiger partial charge in [-0.2, -0.15) is 0 Å². The summed E-state index contributed by atoms with van der Waals surface area (Å²) in [6.07, 6.45) is 7.62. The minimum atomic E-state index is -0.805. The molecule has 2 N–H and O–H groups in total. The van der Waals surface area contributed by atoms with Gasteiger partial charge in [0.2, 0.25) is 0 Å². The Hall–Kier alpha value is -4.26. The Bertz CT molecular complexity index is 2030. The van der Waals surface area contributed by atoms with Crippen molar-refractivity contribution in [1.29, 1.82) is 0 Å². The third-order valence-corrected chi connectivity index (χ3v) is 9.92. The molecule has 3 aliphatic heterocycles. The average Bonchev–Trinajstić information content (AvgIpc) is 3.74. The van der Waals surface area contributed by atoms with Gasteiger partial charge in [0, 0.05) is 81.8 Å². The largest absolute Gasteiger partial charge is 0.356 e. The molecule has 0 fully saturated rings. The maximum atomic E-state index is 6.07. The van der Waals surface area contributed by atoms with Gasteiger partial charge in [0.1, 0.15) is 0 Å². The summed E-state index contributed by atoms with van der Waals surface area (Å²) >= 11 is 0. The fraction of sp³-hybridized carbons (Fsp3) is 0.350. The second-order valence-corrected chi connectivity index (χ2v) is 14.6. The maximum absolute atomic E-state index is 6.07. The molecule has 8 bridgehead atoms. The van der Waals surface area contributed by atoms with Gasteiger partial charge in [0.15, 0.2) is 11.8 Å². The first kappa shape index (κ1) is 30.4. The lowest BCUT2D eigenvalue weighted by molar-refractivity contribution is -0.152. The van der Waals surface area contributed by atoms with E-state index in [1.54, 1.807) is 14.2 Å². The molecule has 6 heteroatoms. The van der Waals surface area contributed by atoms with Crippen LogP contribution in [0.3, 0.4) is 0 Å². The first-order chi connectivity index (χ1) is 21.9. The van der Waals surface area contributed by atoms with E-state index in [4.69, 9.17) is 19.5 Å². The average molecular weight is 613 g/mol. The number of H-pyrrole nitrogens is 2. The summed E-state index contributed by atoms with van der Waals surface area (Å²) in [7, 11) is 3.41. The van der Waals surface area contributed by atoms with Gasteiger partial charge in [0.25, 0.3) is 0 Å². The molecule has 0 spiro atoms. The summed E-state index contributed by atoms with van der Waals surface area (Å²) in [4.78, 5) is 18.4. The van der Waals surface area contributed by atoms with E-state index in [2.05, 4.69) is 130 Å². The maximum Gasteiger partial charge on any atom is 0.187 e. The Morgan fingerprint density at radius 1 is 0.739 bits per heavy atom. The van der Waals surface area contributed by atoms with Crippen LogP contribution in [-0.4, -0.2) is 41.9 Å². The first-order valence-corrected chi connectivity index (χ1v) is 16.2. The van der Waals surface area contributed by atoms with Crippen LogP contribution in [-0.2, 0) is 15.0 Å². The second-order valence-electron chi connectivity index (χ2n) is 14.6. The molecule has 6 nitrogen and oxygen atoms in total. The molecule has 0 saturated carbocycles. The first-order valence-electron chi connectivity index (χ1n) is 16.2. The van der Waals surface area contributed by atoms with Crippen molar-refractivity contribution in [2.24, 2.45) is 20.8 Å². The summed E-state index contributed by atoms with van der Waals surface area (Å²) in [6.45, 7) is 13.3. The minimum Gasteiger partial charge on any atom is -0.356 e. The molecule has 1 atom stereocenters. The number of fused-ring (bicyclic) bond motifs is 7. The monoisotopic (exact) mass is 612 g/mol. The highest BCUT2D eigenvalue weighted by atomic mass is 16.7. The molecular formula is C40H44N4O2. The molecule has 0 aliphatic carbocycles. The number of rotatable bonds is 5. The SMILES string of the molecule is COC(OC)[C@]12CC(C)(C)C(=N1)/C=c1\[nH]/c(cc1-c1ccc(C)cc1)=C\C1=NC(=C\c3[nH]c2cc3-c2ccc(C)cc2)/C(C)(C)C1. The van der Waals surface area contributed by atoms with Crippen LogP contribution in [0, 0.1) is 24.7 Å². The van der Waals surface area contributed by atoms with Crippen molar-refractivity contribution in [3.63, 3.8) is 0 Å². The van der Waals surface area contributed by atoms with Gasteiger partial charge in [0.05, 0.1) is 0 Å². The van der Waals surface area contributed by atoms with Crippen molar-refractivity contribution in [2.75, 3.05) is 14.2 Å². The molecule has 3 aliphatic rings. The topological polar surface area (TPSA) is 74.8 Å². The molecular weight excluding hydrogens is 568 g/mol. The quantitative estimate of drug-likeness (QED) is 0.230. The van der Waals surface area contributed by atoms with Gasteiger partial charge in [-0.1, -0.05) is 87.4 Å². The van der Waals surface area contributed by atoms with Crippen molar-refractivity contribution in [3.8, 4) is 22.3 Å². The molecule has 0 saturated heterocycles. The summed E-state index contributed by atoms with van der Waals surface area (Å²) in [5.74, 6) is 0. The van der Waals surface area contributed by atoms with Crippen molar-refractivity contribution >= 4 is 29.7 Å². The molecule has 0 amide bonds. The normalized spacial score (nSPS) is 23.7. The van der Waals surface area contributed by atoms with Crippen molar-refractivity contribution < 1.29 is 9.47 Å².